The Morgan fingerprint density at radius 2 is 1.74 bits per heavy atom. The molecule has 2 heteroatoms. The molecule has 2 fully saturated rings. The number of ketones is 1. The van der Waals surface area contributed by atoms with Crippen LogP contribution in [-0.2, 0) is 10.2 Å². The van der Waals surface area contributed by atoms with Crippen LogP contribution in [0.4, 0.5) is 0 Å². The molecule has 0 radical (unpaired) electrons. The average molecular weight is 333 g/mol. The van der Waals surface area contributed by atoms with Gasteiger partial charge in [-0.15, -0.1) is 0 Å². The summed E-state index contributed by atoms with van der Waals surface area (Å²) in [4.78, 5) is 12.8. The van der Waals surface area contributed by atoms with Gasteiger partial charge in [-0.1, -0.05) is 56.3 Å². The Hall–Kier alpha value is -0.820. The van der Waals surface area contributed by atoms with Crippen molar-refractivity contribution >= 4 is 17.4 Å². The molecular formula is C21H29ClO. The molecule has 1 aromatic rings. The second-order valence-corrected chi connectivity index (χ2v) is 8.25. The maximum atomic E-state index is 12.8. The van der Waals surface area contributed by atoms with Crippen molar-refractivity contribution < 1.29 is 4.79 Å². The highest BCUT2D eigenvalue weighted by Gasteiger charge is 2.44. The summed E-state index contributed by atoms with van der Waals surface area (Å²) in [6, 6.07) is 8.34. The third kappa shape index (κ3) is 4.18. The van der Waals surface area contributed by atoms with Crippen molar-refractivity contribution in [3.63, 3.8) is 0 Å². The minimum atomic E-state index is 0.225. The third-order valence-corrected chi connectivity index (χ3v) is 6.36. The monoisotopic (exact) mass is 332 g/mol. The first-order chi connectivity index (χ1) is 11.1. The van der Waals surface area contributed by atoms with Gasteiger partial charge >= 0.3 is 0 Å². The average Bonchev–Trinajstić information content (AvgIpc) is 3.37. The van der Waals surface area contributed by atoms with Crippen LogP contribution in [0.25, 0.3) is 0 Å². The predicted octanol–water partition coefficient (Wildman–Crippen LogP) is 6.33. The van der Waals surface area contributed by atoms with Gasteiger partial charge in [-0.3, -0.25) is 4.79 Å². The van der Waals surface area contributed by atoms with E-state index in [4.69, 9.17) is 11.6 Å². The molecule has 1 atom stereocenters. The Morgan fingerprint density at radius 1 is 1.13 bits per heavy atom. The van der Waals surface area contributed by atoms with Crippen LogP contribution in [0.15, 0.2) is 24.3 Å². The molecule has 0 spiro atoms. The molecule has 3 rings (SSSR count). The van der Waals surface area contributed by atoms with E-state index in [0.717, 1.165) is 30.7 Å². The summed E-state index contributed by atoms with van der Waals surface area (Å²) in [5.74, 6) is 1.11. The molecule has 0 N–H and O–H groups in total. The summed E-state index contributed by atoms with van der Waals surface area (Å²) < 4.78 is 0. The van der Waals surface area contributed by atoms with Crippen molar-refractivity contribution in [3.8, 4) is 0 Å². The minimum absolute atomic E-state index is 0.225. The van der Waals surface area contributed by atoms with Gasteiger partial charge in [-0.2, -0.15) is 0 Å². The maximum absolute atomic E-state index is 12.8. The lowest BCUT2D eigenvalue weighted by atomic mass is 9.82. The van der Waals surface area contributed by atoms with Gasteiger partial charge in [0.15, 0.2) is 0 Å². The fraction of sp³-hybridized carbons (Fsp3) is 0.667. The summed E-state index contributed by atoms with van der Waals surface area (Å²) >= 11 is 6.01. The molecule has 0 aliphatic heterocycles. The fourth-order valence-corrected chi connectivity index (χ4v) is 4.36. The van der Waals surface area contributed by atoms with Crippen LogP contribution < -0.4 is 0 Å². The van der Waals surface area contributed by atoms with Gasteiger partial charge < -0.3 is 0 Å². The summed E-state index contributed by atoms with van der Waals surface area (Å²) in [7, 11) is 0. The molecule has 0 amide bonds. The number of Topliss-reactive ketones (excluding diaryl/α,β-unsaturated/α-hetero) is 1. The maximum Gasteiger partial charge on any atom is 0.138 e. The van der Waals surface area contributed by atoms with Gasteiger partial charge in [0.25, 0.3) is 0 Å². The molecule has 2 saturated carbocycles. The van der Waals surface area contributed by atoms with Crippen molar-refractivity contribution in [1.82, 2.24) is 0 Å². The number of hydrogen-bond acceptors (Lipinski definition) is 1. The highest BCUT2D eigenvalue weighted by atomic mass is 35.5. The summed E-state index contributed by atoms with van der Waals surface area (Å²) in [6.07, 6.45) is 12.1. The zero-order valence-corrected chi connectivity index (χ0v) is 15.1. The number of rotatable bonds is 6. The van der Waals surface area contributed by atoms with Crippen molar-refractivity contribution in [3.05, 3.63) is 34.9 Å². The smallest absolute Gasteiger partial charge is 0.138 e. The second-order valence-electron chi connectivity index (χ2n) is 7.82. The molecule has 0 bridgehead atoms. The third-order valence-electron chi connectivity index (χ3n) is 6.11. The van der Waals surface area contributed by atoms with Gasteiger partial charge in [0.1, 0.15) is 5.78 Å². The Kier molecular flexibility index (Phi) is 5.46. The normalized spacial score (nSPS) is 22.3. The highest BCUT2D eigenvalue weighted by Crippen LogP contribution is 2.52. The zero-order chi connectivity index (χ0) is 16.3. The SMILES string of the molecule is CC(CCC1(c2ccc(Cl)cc2)CC1)C(=O)C1CCCCCC1. The second kappa shape index (κ2) is 7.38. The van der Waals surface area contributed by atoms with E-state index in [1.54, 1.807) is 0 Å². The Morgan fingerprint density at radius 3 is 2.30 bits per heavy atom. The molecule has 0 aromatic heterocycles. The van der Waals surface area contributed by atoms with E-state index in [2.05, 4.69) is 19.1 Å². The molecule has 0 heterocycles. The molecule has 1 aromatic carbocycles. The topological polar surface area (TPSA) is 17.1 Å². The van der Waals surface area contributed by atoms with Gasteiger partial charge in [0.05, 0.1) is 0 Å². The van der Waals surface area contributed by atoms with Crippen molar-refractivity contribution in [2.24, 2.45) is 11.8 Å². The number of halogens is 1. The molecule has 23 heavy (non-hydrogen) atoms. The van der Waals surface area contributed by atoms with E-state index < -0.39 is 0 Å². The summed E-state index contributed by atoms with van der Waals surface area (Å²) in [5.41, 5.74) is 1.75. The van der Waals surface area contributed by atoms with Gasteiger partial charge in [0.2, 0.25) is 0 Å². The first kappa shape index (κ1) is 17.0. The summed E-state index contributed by atoms with van der Waals surface area (Å²) in [6.45, 7) is 2.16. The Balaban J connectivity index is 1.54. The lowest BCUT2D eigenvalue weighted by molar-refractivity contribution is -0.127. The zero-order valence-electron chi connectivity index (χ0n) is 14.3. The first-order valence-corrected chi connectivity index (χ1v) is 9.78. The lowest BCUT2D eigenvalue weighted by Gasteiger charge is -2.21. The van der Waals surface area contributed by atoms with Crippen LogP contribution in [0.3, 0.4) is 0 Å². The van der Waals surface area contributed by atoms with Gasteiger partial charge in [-0.25, -0.2) is 0 Å². The van der Waals surface area contributed by atoms with Crippen molar-refractivity contribution in [2.45, 2.75) is 76.5 Å². The van der Waals surface area contributed by atoms with Crippen LogP contribution in [0.5, 0.6) is 0 Å². The van der Waals surface area contributed by atoms with Crippen LogP contribution in [-0.4, -0.2) is 5.78 Å². The summed E-state index contributed by atoms with van der Waals surface area (Å²) in [5, 5.41) is 0.807. The lowest BCUT2D eigenvalue weighted by Crippen LogP contribution is -2.22. The van der Waals surface area contributed by atoms with E-state index in [9.17, 15) is 4.79 Å². The van der Waals surface area contributed by atoms with Crippen molar-refractivity contribution in [1.29, 1.82) is 0 Å². The molecule has 0 saturated heterocycles. The quantitative estimate of drug-likeness (QED) is 0.556. The van der Waals surface area contributed by atoms with E-state index >= 15 is 0 Å². The first-order valence-electron chi connectivity index (χ1n) is 9.40. The molecule has 1 unspecified atom stereocenters. The van der Waals surface area contributed by atoms with Crippen molar-refractivity contribution in [2.75, 3.05) is 0 Å². The molecule has 2 aliphatic rings. The Bertz CT molecular complexity index is 521. The van der Waals surface area contributed by atoms with Crippen LogP contribution >= 0.6 is 11.6 Å². The van der Waals surface area contributed by atoms with Gasteiger partial charge in [-0.05, 0) is 61.6 Å². The molecule has 126 valence electrons. The predicted molar refractivity (Wildman–Crippen MR) is 97.0 cm³/mol. The van der Waals surface area contributed by atoms with Gasteiger partial charge in [0, 0.05) is 16.9 Å². The fourth-order valence-electron chi connectivity index (χ4n) is 4.24. The van der Waals surface area contributed by atoms with E-state index in [1.807, 2.05) is 12.1 Å². The van der Waals surface area contributed by atoms with Crippen LogP contribution in [0.1, 0.15) is 76.7 Å². The number of hydrogen-bond donors (Lipinski definition) is 0. The number of carbonyl (C=O) groups is 1. The highest BCUT2D eigenvalue weighted by molar-refractivity contribution is 6.30. The molecule has 2 aliphatic carbocycles. The minimum Gasteiger partial charge on any atom is -0.299 e. The molecular weight excluding hydrogens is 304 g/mol. The standard InChI is InChI=1S/C21H29ClO/c1-16(20(23)17-6-4-2-3-5-7-17)12-13-21(14-15-21)18-8-10-19(22)11-9-18/h8-11,16-17H,2-7,12-15H2,1H3. The van der Waals surface area contributed by atoms with Crippen LogP contribution in [0, 0.1) is 11.8 Å². The number of carbonyl (C=O) groups excluding carboxylic acids is 1. The van der Waals surface area contributed by atoms with Crippen LogP contribution in [0.2, 0.25) is 5.02 Å². The van der Waals surface area contributed by atoms with E-state index in [-0.39, 0.29) is 5.92 Å². The number of benzene rings is 1. The van der Waals surface area contributed by atoms with E-state index in [0.29, 0.717) is 17.1 Å². The largest absolute Gasteiger partial charge is 0.299 e. The van der Waals surface area contributed by atoms with E-state index in [1.165, 1.54) is 44.1 Å². The molecule has 1 nitrogen and oxygen atoms in total. The Labute approximate surface area is 145 Å².